The average molecular weight is 274 g/mol. The van der Waals surface area contributed by atoms with Crippen LogP contribution in [0.4, 0.5) is 0 Å². The monoisotopic (exact) mass is 274 g/mol. The van der Waals surface area contributed by atoms with E-state index in [0.29, 0.717) is 25.6 Å². The van der Waals surface area contributed by atoms with Crippen LogP contribution in [-0.4, -0.2) is 30.2 Å². The molecule has 106 valence electrons. The number of nitrogens with one attached hydrogen (secondary N) is 1. The molecule has 0 aliphatic rings. The maximum Gasteiger partial charge on any atom is 0.233 e. The van der Waals surface area contributed by atoms with Gasteiger partial charge in [0.15, 0.2) is 0 Å². The lowest BCUT2D eigenvalue weighted by molar-refractivity contribution is -0.128. The van der Waals surface area contributed by atoms with Gasteiger partial charge in [0.25, 0.3) is 0 Å². The van der Waals surface area contributed by atoms with Gasteiger partial charge in [-0.1, -0.05) is 33.0 Å². The van der Waals surface area contributed by atoms with E-state index in [-0.39, 0.29) is 16.9 Å². The Balaban J connectivity index is 4.72. The van der Waals surface area contributed by atoms with Crippen molar-refractivity contribution in [2.24, 2.45) is 17.1 Å². The van der Waals surface area contributed by atoms with E-state index >= 15 is 0 Å². The molecule has 0 saturated heterocycles. The zero-order chi connectivity index (χ0) is 14.3. The fraction of sp³-hybridized carbons (Fsp3) is 0.846. The number of hydrogen-bond donors (Lipinski definition) is 2. The zero-order valence-corrected chi connectivity index (χ0v) is 12.9. The molecule has 0 aromatic rings. The van der Waals surface area contributed by atoms with Crippen molar-refractivity contribution in [1.29, 1.82) is 0 Å². The molecule has 0 radical (unpaired) electrons. The molecule has 0 aromatic carbocycles. The summed E-state index contributed by atoms with van der Waals surface area (Å²) in [5.41, 5.74) is 4.89. The van der Waals surface area contributed by atoms with Crippen molar-refractivity contribution in [3.63, 3.8) is 0 Å². The van der Waals surface area contributed by atoms with Gasteiger partial charge in [-0.3, -0.25) is 4.79 Å². The van der Waals surface area contributed by atoms with Gasteiger partial charge >= 0.3 is 0 Å². The molecule has 0 aliphatic heterocycles. The maximum absolute atomic E-state index is 12.3. The third kappa shape index (κ3) is 4.53. The van der Waals surface area contributed by atoms with Crippen LogP contribution in [0.2, 0.25) is 0 Å². The standard InChI is InChI=1S/C13H26N2O2S/c1-6-13(5,11(14)18)12(16)15-10(9(3)4)8-17-7-2/h9-10H,6-8H2,1-5H3,(H2,14,18)(H,15,16). The molecule has 2 atom stereocenters. The fourth-order valence-electron chi connectivity index (χ4n) is 1.42. The first-order valence-electron chi connectivity index (χ1n) is 6.48. The average Bonchev–Trinajstić information content (AvgIpc) is 2.32. The van der Waals surface area contributed by atoms with Crippen LogP contribution >= 0.6 is 12.2 Å². The van der Waals surface area contributed by atoms with E-state index in [9.17, 15) is 4.79 Å². The second kappa shape index (κ2) is 7.69. The minimum Gasteiger partial charge on any atom is -0.392 e. The summed E-state index contributed by atoms with van der Waals surface area (Å²) in [6.45, 7) is 10.9. The number of hydrogen-bond acceptors (Lipinski definition) is 3. The molecule has 0 spiro atoms. The molecule has 0 heterocycles. The van der Waals surface area contributed by atoms with Crippen LogP contribution in [0.5, 0.6) is 0 Å². The van der Waals surface area contributed by atoms with E-state index in [4.69, 9.17) is 22.7 Å². The molecule has 0 fully saturated rings. The summed E-state index contributed by atoms with van der Waals surface area (Å²) in [5.74, 6) is 0.184. The largest absolute Gasteiger partial charge is 0.392 e. The summed E-state index contributed by atoms with van der Waals surface area (Å²) in [6, 6.07) is -0.0160. The topological polar surface area (TPSA) is 64.3 Å². The summed E-state index contributed by atoms with van der Waals surface area (Å²) >= 11 is 5.00. The number of thiocarbonyl (C=S) groups is 1. The van der Waals surface area contributed by atoms with Crippen molar-refractivity contribution in [3.05, 3.63) is 0 Å². The quantitative estimate of drug-likeness (QED) is 0.663. The van der Waals surface area contributed by atoms with Crippen LogP contribution < -0.4 is 11.1 Å². The highest BCUT2D eigenvalue weighted by Gasteiger charge is 2.36. The van der Waals surface area contributed by atoms with Gasteiger partial charge < -0.3 is 15.8 Å². The highest BCUT2D eigenvalue weighted by atomic mass is 32.1. The van der Waals surface area contributed by atoms with Crippen LogP contribution in [0.3, 0.4) is 0 Å². The minimum atomic E-state index is -0.783. The van der Waals surface area contributed by atoms with E-state index in [1.165, 1.54) is 0 Å². The van der Waals surface area contributed by atoms with Crippen LogP contribution in [0.15, 0.2) is 0 Å². The van der Waals surface area contributed by atoms with Crippen LogP contribution in [-0.2, 0) is 9.53 Å². The Morgan fingerprint density at radius 1 is 1.44 bits per heavy atom. The first-order chi connectivity index (χ1) is 8.29. The zero-order valence-electron chi connectivity index (χ0n) is 12.1. The third-order valence-corrected chi connectivity index (χ3v) is 3.83. The van der Waals surface area contributed by atoms with Gasteiger partial charge in [0, 0.05) is 6.61 Å². The van der Waals surface area contributed by atoms with Gasteiger partial charge in [-0.15, -0.1) is 0 Å². The smallest absolute Gasteiger partial charge is 0.233 e. The fourth-order valence-corrected chi connectivity index (χ4v) is 1.66. The van der Waals surface area contributed by atoms with Gasteiger partial charge in [-0.25, -0.2) is 0 Å². The molecular formula is C13H26N2O2S. The van der Waals surface area contributed by atoms with E-state index in [1.807, 2.05) is 27.7 Å². The van der Waals surface area contributed by atoms with Crippen LogP contribution in [0, 0.1) is 11.3 Å². The minimum absolute atomic E-state index is 0.0160. The van der Waals surface area contributed by atoms with E-state index < -0.39 is 5.41 Å². The Morgan fingerprint density at radius 2 is 2.00 bits per heavy atom. The van der Waals surface area contributed by atoms with Crippen molar-refractivity contribution in [3.8, 4) is 0 Å². The van der Waals surface area contributed by atoms with Gasteiger partial charge in [0.2, 0.25) is 5.91 Å². The Hall–Kier alpha value is -0.680. The molecule has 5 heteroatoms. The maximum atomic E-state index is 12.3. The molecule has 0 bridgehead atoms. The molecule has 3 N–H and O–H groups in total. The predicted octanol–water partition coefficient (Wildman–Crippen LogP) is 1.87. The van der Waals surface area contributed by atoms with Gasteiger partial charge in [-0.2, -0.15) is 0 Å². The lowest BCUT2D eigenvalue weighted by Gasteiger charge is -2.30. The van der Waals surface area contributed by atoms with Crippen molar-refractivity contribution in [2.45, 2.75) is 47.1 Å². The SMILES string of the molecule is CCOCC(NC(=O)C(C)(CC)C(N)=S)C(C)C. The van der Waals surface area contributed by atoms with Crippen molar-refractivity contribution < 1.29 is 9.53 Å². The summed E-state index contributed by atoms with van der Waals surface area (Å²) in [6.07, 6.45) is 0.591. The Morgan fingerprint density at radius 3 is 2.33 bits per heavy atom. The first kappa shape index (κ1) is 17.3. The molecule has 0 saturated carbocycles. The second-order valence-corrected chi connectivity index (χ2v) is 5.47. The number of ether oxygens (including phenoxy) is 1. The molecule has 1 amide bonds. The van der Waals surface area contributed by atoms with Crippen LogP contribution in [0.1, 0.15) is 41.0 Å². The van der Waals surface area contributed by atoms with E-state index in [1.54, 1.807) is 6.92 Å². The van der Waals surface area contributed by atoms with Crippen molar-refractivity contribution in [1.82, 2.24) is 5.32 Å². The lowest BCUT2D eigenvalue weighted by atomic mass is 9.86. The van der Waals surface area contributed by atoms with Gasteiger partial charge in [0.1, 0.15) is 0 Å². The number of carbonyl (C=O) groups is 1. The van der Waals surface area contributed by atoms with E-state index in [0.717, 1.165) is 0 Å². The summed E-state index contributed by atoms with van der Waals surface area (Å²) < 4.78 is 5.39. The van der Waals surface area contributed by atoms with Crippen LogP contribution in [0.25, 0.3) is 0 Å². The molecule has 4 nitrogen and oxygen atoms in total. The highest BCUT2D eigenvalue weighted by Crippen LogP contribution is 2.22. The molecular weight excluding hydrogens is 248 g/mol. The number of nitrogens with two attached hydrogens (primary N) is 1. The number of rotatable bonds is 8. The Kier molecular flexibility index (Phi) is 7.40. The summed E-state index contributed by atoms with van der Waals surface area (Å²) in [5, 5.41) is 2.99. The highest BCUT2D eigenvalue weighted by molar-refractivity contribution is 7.80. The van der Waals surface area contributed by atoms with Crippen molar-refractivity contribution >= 4 is 23.1 Å². The first-order valence-corrected chi connectivity index (χ1v) is 6.89. The second-order valence-electron chi connectivity index (χ2n) is 5.03. The van der Waals surface area contributed by atoms with Gasteiger partial charge in [-0.05, 0) is 26.2 Å². The lowest BCUT2D eigenvalue weighted by Crippen LogP contribution is -2.52. The Bertz CT molecular complexity index is 295. The number of amides is 1. The van der Waals surface area contributed by atoms with E-state index in [2.05, 4.69) is 5.32 Å². The number of carbonyl (C=O) groups excluding carboxylic acids is 1. The molecule has 0 aliphatic carbocycles. The normalized spacial score (nSPS) is 16.1. The Labute approximate surface area is 116 Å². The third-order valence-electron chi connectivity index (χ3n) is 3.37. The summed E-state index contributed by atoms with van der Waals surface area (Å²) in [4.78, 5) is 12.5. The van der Waals surface area contributed by atoms with Crippen molar-refractivity contribution in [2.75, 3.05) is 13.2 Å². The molecule has 0 rings (SSSR count). The summed E-state index contributed by atoms with van der Waals surface area (Å²) in [7, 11) is 0. The van der Waals surface area contributed by atoms with Gasteiger partial charge in [0.05, 0.1) is 23.1 Å². The molecule has 0 aromatic heterocycles. The molecule has 18 heavy (non-hydrogen) atoms. The molecule has 2 unspecified atom stereocenters. The predicted molar refractivity (Wildman–Crippen MR) is 78.4 cm³/mol.